The molecule has 2 heterocycles. The molecule has 0 saturated carbocycles. The number of benzene rings is 1. The van der Waals surface area contributed by atoms with E-state index < -0.39 is 0 Å². The summed E-state index contributed by atoms with van der Waals surface area (Å²) in [4.78, 5) is 4.33. The summed E-state index contributed by atoms with van der Waals surface area (Å²) in [5.41, 5.74) is 4.57. The fourth-order valence-electron chi connectivity index (χ4n) is 3.44. The standard InChI is InChI=1S/C22H33N5O2/c1-16-6-7-19(21(12-16)29-20-8-11-28-15-20)14-25-22(23-4)24-9-5-10-27-18(3)13-17(2)26-27/h6-7,12-13,20H,5,8-11,14-15H2,1-4H3,(H2,23,24,25). The number of aryl methyl sites for hydroxylation is 4. The number of aromatic nitrogens is 2. The molecule has 0 spiro atoms. The largest absolute Gasteiger partial charge is 0.488 e. The highest BCUT2D eigenvalue weighted by Gasteiger charge is 2.18. The maximum atomic E-state index is 6.18. The van der Waals surface area contributed by atoms with Gasteiger partial charge in [-0.25, -0.2) is 0 Å². The molecule has 1 aliphatic rings. The number of nitrogens with zero attached hydrogens (tertiary/aromatic N) is 3. The van der Waals surface area contributed by atoms with Gasteiger partial charge in [-0.3, -0.25) is 9.67 Å². The van der Waals surface area contributed by atoms with Crippen LogP contribution in [-0.4, -0.2) is 48.7 Å². The van der Waals surface area contributed by atoms with Gasteiger partial charge in [0.2, 0.25) is 0 Å². The number of rotatable bonds is 8. The van der Waals surface area contributed by atoms with Crippen LogP contribution >= 0.6 is 0 Å². The second-order valence-corrected chi connectivity index (χ2v) is 7.57. The van der Waals surface area contributed by atoms with Crippen molar-refractivity contribution in [3.05, 3.63) is 46.8 Å². The van der Waals surface area contributed by atoms with Gasteiger partial charge in [0.05, 0.1) is 18.9 Å². The molecule has 0 aliphatic carbocycles. The van der Waals surface area contributed by atoms with E-state index in [4.69, 9.17) is 9.47 Å². The maximum absolute atomic E-state index is 6.18. The Labute approximate surface area is 173 Å². The summed E-state index contributed by atoms with van der Waals surface area (Å²) in [5, 5.41) is 11.3. The van der Waals surface area contributed by atoms with Gasteiger partial charge in [-0.05, 0) is 44.9 Å². The highest BCUT2D eigenvalue weighted by Crippen LogP contribution is 2.23. The molecule has 1 aliphatic heterocycles. The van der Waals surface area contributed by atoms with Crippen LogP contribution in [0.5, 0.6) is 5.75 Å². The highest BCUT2D eigenvalue weighted by atomic mass is 16.5. The van der Waals surface area contributed by atoms with Crippen LogP contribution in [0.2, 0.25) is 0 Å². The van der Waals surface area contributed by atoms with Crippen LogP contribution in [0, 0.1) is 20.8 Å². The van der Waals surface area contributed by atoms with Crippen molar-refractivity contribution in [2.45, 2.75) is 52.8 Å². The van der Waals surface area contributed by atoms with Crippen LogP contribution in [0.1, 0.15) is 35.4 Å². The molecule has 1 aromatic heterocycles. The summed E-state index contributed by atoms with van der Waals surface area (Å²) in [6.07, 6.45) is 2.06. The Morgan fingerprint density at radius 3 is 2.83 bits per heavy atom. The molecule has 0 radical (unpaired) electrons. The zero-order valence-electron chi connectivity index (χ0n) is 18.0. The van der Waals surface area contributed by atoms with E-state index in [1.165, 1.54) is 11.3 Å². The van der Waals surface area contributed by atoms with Crippen LogP contribution in [0.15, 0.2) is 29.3 Å². The van der Waals surface area contributed by atoms with Gasteiger partial charge in [0.1, 0.15) is 11.9 Å². The molecule has 1 unspecified atom stereocenters. The maximum Gasteiger partial charge on any atom is 0.191 e. The Bertz CT molecular complexity index is 825. The van der Waals surface area contributed by atoms with Crippen molar-refractivity contribution >= 4 is 5.96 Å². The topological polar surface area (TPSA) is 72.7 Å². The predicted octanol–water partition coefficient (Wildman–Crippen LogP) is 2.73. The molecule has 1 atom stereocenters. The number of aliphatic imine (C=N–C) groups is 1. The summed E-state index contributed by atoms with van der Waals surface area (Å²) in [5.74, 6) is 1.71. The van der Waals surface area contributed by atoms with Gasteiger partial charge in [-0.1, -0.05) is 12.1 Å². The molecule has 0 bridgehead atoms. The zero-order valence-corrected chi connectivity index (χ0v) is 18.0. The monoisotopic (exact) mass is 399 g/mol. The summed E-state index contributed by atoms with van der Waals surface area (Å²) >= 11 is 0. The number of ether oxygens (including phenoxy) is 2. The van der Waals surface area contributed by atoms with Gasteiger partial charge < -0.3 is 20.1 Å². The first-order valence-corrected chi connectivity index (χ1v) is 10.3. The van der Waals surface area contributed by atoms with Gasteiger partial charge in [-0.2, -0.15) is 5.10 Å². The zero-order chi connectivity index (χ0) is 20.6. The van der Waals surface area contributed by atoms with Crippen molar-refractivity contribution in [1.82, 2.24) is 20.4 Å². The van der Waals surface area contributed by atoms with Crippen LogP contribution in [-0.2, 0) is 17.8 Å². The molecular formula is C22H33N5O2. The van der Waals surface area contributed by atoms with Crippen LogP contribution in [0.3, 0.4) is 0 Å². The third kappa shape index (κ3) is 6.22. The Balaban J connectivity index is 1.48. The molecule has 1 aromatic carbocycles. The van der Waals surface area contributed by atoms with E-state index in [2.05, 4.69) is 63.5 Å². The third-order valence-corrected chi connectivity index (χ3v) is 5.02. The van der Waals surface area contributed by atoms with Gasteiger partial charge in [0.25, 0.3) is 0 Å². The minimum absolute atomic E-state index is 0.141. The Kier molecular flexibility index (Phi) is 7.52. The van der Waals surface area contributed by atoms with Crippen LogP contribution in [0.25, 0.3) is 0 Å². The van der Waals surface area contributed by atoms with E-state index in [1.54, 1.807) is 7.05 Å². The SMILES string of the molecule is CN=C(NCCCn1nc(C)cc1C)NCc1ccc(C)cc1OC1CCOC1. The van der Waals surface area contributed by atoms with Crippen molar-refractivity contribution in [2.75, 3.05) is 26.8 Å². The summed E-state index contributed by atoms with van der Waals surface area (Å²) in [7, 11) is 1.79. The Morgan fingerprint density at radius 1 is 1.28 bits per heavy atom. The van der Waals surface area contributed by atoms with Crippen molar-refractivity contribution in [3.8, 4) is 5.75 Å². The van der Waals surface area contributed by atoms with Gasteiger partial charge in [0.15, 0.2) is 5.96 Å². The van der Waals surface area contributed by atoms with Gasteiger partial charge >= 0.3 is 0 Å². The fourth-order valence-corrected chi connectivity index (χ4v) is 3.44. The Hall–Kier alpha value is -2.54. The molecule has 2 aromatic rings. The molecular weight excluding hydrogens is 366 g/mol. The molecule has 29 heavy (non-hydrogen) atoms. The molecule has 7 nitrogen and oxygen atoms in total. The minimum atomic E-state index is 0.141. The summed E-state index contributed by atoms with van der Waals surface area (Å²) in [6.45, 7) is 10.0. The lowest BCUT2D eigenvalue weighted by molar-refractivity contribution is 0.140. The first-order valence-electron chi connectivity index (χ1n) is 10.3. The van der Waals surface area contributed by atoms with Crippen molar-refractivity contribution in [2.24, 2.45) is 4.99 Å². The Morgan fingerprint density at radius 2 is 2.14 bits per heavy atom. The van der Waals surface area contributed by atoms with E-state index in [0.717, 1.165) is 55.5 Å². The highest BCUT2D eigenvalue weighted by molar-refractivity contribution is 5.79. The van der Waals surface area contributed by atoms with E-state index in [9.17, 15) is 0 Å². The second-order valence-electron chi connectivity index (χ2n) is 7.57. The molecule has 1 saturated heterocycles. The summed E-state index contributed by atoms with van der Waals surface area (Å²) < 4.78 is 13.7. The first kappa shape index (κ1) is 21.2. The number of hydrogen-bond acceptors (Lipinski definition) is 4. The predicted molar refractivity (Wildman–Crippen MR) is 116 cm³/mol. The van der Waals surface area contributed by atoms with Crippen LogP contribution < -0.4 is 15.4 Å². The quantitative estimate of drug-likeness (QED) is 0.406. The van der Waals surface area contributed by atoms with Gasteiger partial charge in [0, 0.05) is 44.4 Å². The van der Waals surface area contributed by atoms with Crippen molar-refractivity contribution < 1.29 is 9.47 Å². The fraction of sp³-hybridized carbons (Fsp3) is 0.545. The third-order valence-electron chi connectivity index (χ3n) is 5.02. The minimum Gasteiger partial charge on any atom is -0.488 e. The lowest BCUT2D eigenvalue weighted by atomic mass is 10.1. The number of hydrogen-bond donors (Lipinski definition) is 2. The summed E-state index contributed by atoms with van der Waals surface area (Å²) in [6, 6.07) is 8.43. The van der Waals surface area contributed by atoms with E-state index in [1.807, 2.05) is 6.92 Å². The molecule has 0 amide bonds. The average molecular weight is 400 g/mol. The molecule has 7 heteroatoms. The number of guanidine groups is 1. The molecule has 3 rings (SSSR count). The van der Waals surface area contributed by atoms with E-state index in [0.29, 0.717) is 13.2 Å². The normalized spacial score (nSPS) is 16.8. The lowest BCUT2D eigenvalue weighted by Crippen LogP contribution is -2.37. The average Bonchev–Trinajstić information content (AvgIpc) is 3.31. The molecule has 1 fully saturated rings. The van der Waals surface area contributed by atoms with Crippen LogP contribution in [0.4, 0.5) is 0 Å². The number of nitrogens with one attached hydrogen (secondary N) is 2. The molecule has 158 valence electrons. The van der Waals surface area contributed by atoms with Gasteiger partial charge in [-0.15, -0.1) is 0 Å². The van der Waals surface area contributed by atoms with Crippen molar-refractivity contribution in [1.29, 1.82) is 0 Å². The van der Waals surface area contributed by atoms with E-state index in [-0.39, 0.29) is 6.10 Å². The lowest BCUT2D eigenvalue weighted by Gasteiger charge is -2.18. The smallest absolute Gasteiger partial charge is 0.191 e. The van der Waals surface area contributed by atoms with E-state index >= 15 is 0 Å². The molecule has 2 N–H and O–H groups in total. The van der Waals surface area contributed by atoms with Crippen molar-refractivity contribution in [3.63, 3.8) is 0 Å². The second kappa shape index (κ2) is 10.3. The first-order chi connectivity index (χ1) is 14.0.